The van der Waals surface area contributed by atoms with Crippen molar-refractivity contribution in [2.24, 2.45) is 0 Å². The van der Waals surface area contributed by atoms with Gasteiger partial charge in [0.2, 0.25) is 15.9 Å². The van der Waals surface area contributed by atoms with Crippen molar-refractivity contribution in [2.75, 3.05) is 18.5 Å². The van der Waals surface area contributed by atoms with Crippen LogP contribution in [0.4, 0.5) is 5.69 Å². The molecule has 2 aromatic rings. The predicted molar refractivity (Wildman–Crippen MR) is 95.7 cm³/mol. The number of sulfonamides is 1. The predicted octanol–water partition coefficient (Wildman–Crippen LogP) is 3.00. The van der Waals surface area contributed by atoms with Crippen LogP contribution in [0.1, 0.15) is 23.3 Å². The summed E-state index contributed by atoms with van der Waals surface area (Å²) in [7, 11) is -1.97. The van der Waals surface area contributed by atoms with Crippen LogP contribution in [0.5, 0.6) is 0 Å². The highest BCUT2D eigenvalue weighted by molar-refractivity contribution is 7.89. The smallest absolute Gasteiger partial charge is 0.243 e. The molecule has 128 valence electrons. The van der Waals surface area contributed by atoms with Crippen LogP contribution < -0.4 is 4.90 Å². The number of benzene rings is 1. The number of rotatable bonds is 5. The van der Waals surface area contributed by atoms with Crippen LogP contribution in [0.3, 0.4) is 0 Å². The molecule has 7 heteroatoms. The van der Waals surface area contributed by atoms with Crippen LogP contribution in [0.2, 0.25) is 0 Å². The van der Waals surface area contributed by atoms with E-state index in [1.54, 1.807) is 30.1 Å². The Morgan fingerprint density at radius 3 is 2.67 bits per heavy atom. The van der Waals surface area contributed by atoms with E-state index in [1.165, 1.54) is 15.6 Å². The van der Waals surface area contributed by atoms with Crippen molar-refractivity contribution in [3.63, 3.8) is 0 Å². The number of carbonyl (C=O) groups excluding carboxylic acids is 1. The van der Waals surface area contributed by atoms with Crippen molar-refractivity contribution in [1.29, 1.82) is 0 Å². The first-order valence-corrected chi connectivity index (χ1v) is 10.1. The minimum atomic E-state index is -3.55. The lowest BCUT2D eigenvalue weighted by atomic mass is 10.2. The second-order valence-corrected chi connectivity index (χ2v) is 9.01. The average molecular weight is 364 g/mol. The highest BCUT2D eigenvalue weighted by Gasteiger charge is 2.26. The molecule has 1 fully saturated rings. The van der Waals surface area contributed by atoms with Crippen molar-refractivity contribution < 1.29 is 13.2 Å². The Bertz CT molecular complexity index is 845. The van der Waals surface area contributed by atoms with E-state index in [0.717, 1.165) is 22.5 Å². The Morgan fingerprint density at radius 1 is 1.29 bits per heavy atom. The van der Waals surface area contributed by atoms with Crippen LogP contribution in [-0.2, 0) is 21.4 Å². The lowest BCUT2D eigenvalue weighted by Gasteiger charge is -2.21. The number of carbonyl (C=O) groups is 1. The van der Waals surface area contributed by atoms with Crippen LogP contribution in [0, 0.1) is 6.92 Å². The average Bonchev–Trinajstić information content (AvgIpc) is 3.19. The zero-order chi connectivity index (χ0) is 17.3. The molecule has 1 amide bonds. The molecule has 0 atom stereocenters. The zero-order valence-electron chi connectivity index (χ0n) is 13.7. The standard InChI is InChI=1S/C17H20N2O3S2/c1-13-11-15(7-8-16(13)19-9-3-6-17(19)20)24(21,22)18(2)12-14-5-4-10-23-14/h4-5,7-8,10-11H,3,6,9,12H2,1-2H3. The molecular weight excluding hydrogens is 344 g/mol. The molecule has 0 saturated carbocycles. The Balaban J connectivity index is 1.86. The summed E-state index contributed by atoms with van der Waals surface area (Å²) < 4.78 is 26.9. The monoisotopic (exact) mass is 364 g/mol. The van der Waals surface area contributed by atoms with E-state index >= 15 is 0 Å². The summed E-state index contributed by atoms with van der Waals surface area (Å²) >= 11 is 1.53. The van der Waals surface area contributed by atoms with Crippen LogP contribution in [0.15, 0.2) is 40.6 Å². The van der Waals surface area contributed by atoms with Crippen molar-refractivity contribution in [3.05, 3.63) is 46.2 Å². The number of hydrogen-bond acceptors (Lipinski definition) is 4. The Labute approximate surface area is 146 Å². The molecule has 0 unspecified atom stereocenters. The molecule has 1 aromatic heterocycles. The minimum Gasteiger partial charge on any atom is -0.312 e. The molecule has 1 saturated heterocycles. The maximum Gasteiger partial charge on any atom is 0.243 e. The van der Waals surface area contributed by atoms with Crippen LogP contribution in [0.25, 0.3) is 0 Å². The van der Waals surface area contributed by atoms with E-state index < -0.39 is 10.0 Å². The van der Waals surface area contributed by atoms with E-state index in [9.17, 15) is 13.2 Å². The van der Waals surface area contributed by atoms with Gasteiger partial charge in [-0.1, -0.05) is 6.07 Å². The van der Waals surface area contributed by atoms with E-state index in [4.69, 9.17) is 0 Å². The lowest BCUT2D eigenvalue weighted by Crippen LogP contribution is -2.27. The van der Waals surface area contributed by atoms with E-state index in [1.807, 2.05) is 24.4 Å². The molecule has 5 nitrogen and oxygen atoms in total. The maximum absolute atomic E-state index is 12.8. The zero-order valence-corrected chi connectivity index (χ0v) is 15.4. The van der Waals surface area contributed by atoms with Gasteiger partial charge in [0.1, 0.15) is 0 Å². The van der Waals surface area contributed by atoms with Crippen molar-refractivity contribution >= 4 is 33.0 Å². The molecule has 24 heavy (non-hydrogen) atoms. The molecule has 0 spiro atoms. The second kappa shape index (κ2) is 6.66. The van der Waals surface area contributed by atoms with Gasteiger partial charge in [-0.05, 0) is 48.6 Å². The fourth-order valence-corrected chi connectivity index (χ4v) is 4.95. The summed E-state index contributed by atoms with van der Waals surface area (Å²) in [6.07, 6.45) is 1.41. The number of nitrogens with zero attached hydrogens (tertiary/aromatic N) is 2. The normalized spacial score (nSPS) is 15.5. The molecule has 0 radical (unpaired) electrons. The van der Waals surface area contributed by atoms with Crippen molar-refractivity contribution in [3.8, 4) is 0 Å². The number of hydrogen-bond donors (Lipinski definition) is 0. The summed E-state index contributed by atoms with van der Waals surface area (Å²) in [5.41, 5.74) is 1.60. The van der Waals surface area contributed by atoms with Gasteiger partial charge in [0.15, 0.2) is 0 Å². The summed E-state index contributed by atoms with van der Waals surface area (Å²) in [5.74, 6) is 0.100. The first kappa shape index (κ1) is 17.1. The number of thiophene rings is 1. The third kappa shape index (κ3) is 3.24. The van der Waals surface area contributed by atoms with Gasteiger partial charge >= 0.3 is 0 Å². The van der Waals surface area contributed by atoms with Gasteiger partial charge in [-0.25, -0.2) is 8.42 Å². The van der Waals surface area contributed by atoms with E-state index in [0.29, 0.717) is 19.5 Å². The molecule has 1 aliphatic heterocycles. The number of aryl methyl sites for hydroxylation is 1. The van der Waals surface area contributed by atoms with Gasteiger partial charge in [0.25, 0.3) is 0 Å². The minimum absolute atomic E-state index is 0.100. The summed E-state index contributed by atoms with van der Waals surface area (Å²) in [6, 6.07) is 8.82. The van der Waals surface area contributed by atoms with Crippen LogP contribution in [-0.4, -0.2) is 32.2 Å². The fraction of sp³-hybridized carbons (Fsp3) is 0.353. The largest absolute Gasteiger partial charge is 0.312 e. The Kier molecular flexibility index (Phi) is 4.76. The topological polar surface area (TPSA) is 57.7 Å². The van der Waals surface area contributed by atoms with Gasteiger partial charge in [-0.15, -0.1) is 11.3 Å². The lowest BCUT2D eigenvalue weighted by molar-refractivity contribution is -0.117. The van der Waals surface area contributed by atoms with Crippen molar-refractivity contribution in [1.82, 2.24) is 4.31 Å². The fourth-order valence-electron chi connectivity index (χ4n) is 2.88. The molecule has 0 N–H and O–H groups in total. The third-order valence-corrected chi connectivity index (χ3v) is 6.86. The van der Waals surface area contributed by atoms with Gasteiger partial charge in [-0.3, -0.25) is 4.79 Å². The van der Waals surface area contributed by atoms with E-state index in [2.05, 4.69) is 0 Å². The van der Waals surface area contributed by atoms with Crippen molar-refractivity contribution in [2.45, 2.75) is 31.2 Å². The quantitative estimate of drug-likeness (QED) is 0.819. The summed E-state index contributed by atoms with van der Waals surface area (Å²) in [5, 5.41) is 1.93. The highest BCUT2D eigenvalue weighted by atomic mass is 32.2. The molecule has 1 aliphatic rings. The highest BCUT2D eigenvalue weighted by Crippen LogP contribution is 2.28. The molecule has 0 bridgehead atoms. The SMILES string of the molecule is Cc1cc(S(=O)(=O)N(C)Cc2cccs2)ccc1N1CCCC1=O. The first-order chi connectivity index (χ1) is 11.4. The second-order valence-electron chi connectivity index (χ2n) is 5.94. The maximum atomic E-state index is 12.8. The van der Waals surface area contributed by atoms with Gasteiger partial charge in [0, 0.05) is 37.1 Å². The Morgan fingerprint density at radius 2 is 2.08 bits per heavy atom. The Hall–Kier alpha value is -1.70. The summed E-state index contributed by atoms with van der Waals surface area (Å²) in [6.45, 7) is 2.90. The van der Waals surface area contributed by atoms with Crippen LogP contribution >= 0.6 is 11.3 Å². The molecular formula is C17H20N2O3S2. The number of amides is 1. The molecule has 3 rings (SSSR count). The van der Waals surface area contributed by atoms with E-state index in [-0.39, 0.29) is 10.8 Å². The van der Waals surface area contributed by atoms with Gasteiger partial charge < -0.3 is 4.90 Å². The van der Waals surface area contributed by atoms with Gasteiger partial charge in [-0.2, -0.15) is 4.31 Å². The first-order valence-electron chi connectivity index (χ1n) is 7.79. The molecule has 2 heterocycles. The molecule has 0 aliphatic carbocycles. The third-order valence-electron chi connectivity index (χ3n) is 4.20. The number of anilines is 1. The van der Waals surface area contributed by atoms with Gasteiger partial charge in [0.05, 0.1) is 4.90 Å². The summed E-state index contributed by atoms with van der Waals surface area (Å²) in [4.78, 5) is 14.9. The molecule has 1 aromatic carbocycles.